The zero-order valence-corrected chi connectivity index (χ0v) is 14.2. The summed E-state index contributed by atoms with van der Waals surface area (Å²) in [6.45, 7) is 4.04. The van der Waals surface area contributed by atoms with Crippen LogP contribution in [0.3, 0.4) is 0 Å². The highest BCUT2D eigenvalue weighted by atomic mass is 16.4. The summed E-state index contributed by atoms with van der Waals surface area (Å²) in [4.78, 5) is 23.8. The van der Waals surface area contributed by atoms with E-state index in [1.54, 1.807) is 11.7 Å². The van der Waals surface area contributed by atoms with Crippen LogP contribution in [0.25, 0.3) is 11.3 Å². The van der Waals surface area contributed by atoms with E-state index in [1.165, 1.54) is 6.20 Å². The summed E-state index contributed by atoms with van der Waals surface area (Å²) in [6.07, 6.45) is 2.03. The van der Waals surface area contributed by atoms with Gasteiger partial charge in [-0.05, 0) is 12.3 Å². The molecular formula is C18H23N3O3. The number of rotatable bonds is 7. The average molecular weight is 329 g/mol. The summed E-state index contributed by atoms with van der Waals surface area (Å²) >= 11 is 0. The smallest absolute Gasteiger partial charge is 0.308 e. The Kier molecular flexibility index (Phi) is 5.73. The van der Waals surface area contributed by atoms with Gasteiger partial charge in [-0.2, -0.15) is 5.10 Å². The van der Waals surface area contributed by atoms with Gasteiger partial charge in [-0.3, -0.25) is 14.3 Å². The van der Waals surface area contributed by atoms with Gasteiger partial charge < -0.3 is 10.4 Å². The number of amides is 1. The molecular weight excluding hydrogens is 306 g/mol. The number of carboxylic acid groups (broad SMARTS) is 1. The van der Waals surface area contributed by atoms with Crippen molar-refractivity contribution in [3.05, 3.63) is 42.1 Å². The molecule has 0 aliphatic carbocycles. The van der Waals surface area contributed by atoms with Crippen LogP contribution in [0.5, 0.6) is 0 Å². The van der Waals surface area contributed by atoms with Crippen molar-refractivity contribution in [2.75, 3.05) is 6.54 Å². The van der Waals surface area contributed by atoms with Gasteiger partial charge in [0.15, 0.2) is 0 Å². The lowest BCUT2D eigenvalue weighted by Crippen LogP contribution is -2.33. The predicted molar refractivity (Wildman–Crippen MR) is 91.6 cm³/mol. The van der Waals surface area contributed by atoms with Crippen LogP contribution in [0.1, 0.15) is 30.6 Å². The molecule has 24 heavy (non-hydrogen) atoms. The molecule has 128 valence electrons. The van der Waals surface area contributed by atoms with Crippen LogP contribution in [0.15, 0.2) is 36.5 Å². The molecule has 1 amide bonds. The molecule has 0 spiro atoms. The lowest BCUT2D eigenvalue weighted by Gasteiger charge is -2.15. The van der Waals surface area contributed by atoms with Gasteiger partial charge in [-0.25, -0.2) is 0 Å². The van der Waals surface area contributed by atoms with Crippen molar-refractivity contribution in [2.24, 2.45) is 18.9 Å². The van der Waals surface area contributed by atoms with E-state index in [0.717, 1.165) is 5.56 Å². The van der Waals surface area contributed by atoms with Gasteiger partial charge in [0.1, 0.15) is 0 Å². The van der Waals surface area contributed by atoms with Gasteiger partial charge in [0.05, 0.1) is 23.4 Å². The van der Waals surface area contributed by atoms with E-state index < -0.39 is 11.9 Å². The maximum absolute atomic E-state index is 12.5. The first-order chi connectivity index (χ1) is 11.4. The van der Waals surface area contributed by atoms with Gasteiger partial charge in [0.25, 0.3) is 5.91 Å². The SMILES string of the molecule is CC(C)CC(CNC(=O)c1cnn(C)c1-c1ccccc1)C(=O)O. The number of carbonyl (C=O) groups is 2. The largest absolute Gasteiger partial charge is 0.481 e. The van der Waals surface area contributed by atoms with Gasteiger partial charge in [0.2, 0.25) is 0 Å². The third-order valence-electron chi connectivity index (χ3n) is 3.84. The highest BCUT2D eigenvalue weighted by molar-refractivity contribution is 6.00. The van der Waals surface area contributed by atoms with Crippen molar-refractivity contribution in [1.82, 2.24) is 15.1 Å². The molecule has 1 unspecified atom stereocenters. The number of aromatic nitrogens is 2. The first-order valence-corrected chi connectivity index (χ1v) is 7.98. The van der Waals surface area contributed by atoms with E-state index in [2.05, 4.69) is 10.4 Å². The predicted octanol–water partition coefficient (Wildman–Crippen LogP) is 2.56. The second-order valence-corrected chi connectivity index (χ2v) is 6.27. The number of benzene rings is 1. The Labute approximate surface area is 141 Å². The number of hydrogen-bond donors (Lipinski definition) is 2. The Hall–Kier alpha value is -2.63. The van der Waals surface area contributed by atoms with E-state index in [1.807, 2.05) is 44.2 Å². The zero-order valence-electron chi connectivity index (χ0n) is 14.2. The van der Waals surface area contributed by atoms with Crippen LogP contribution in [-0.2, 0) is 11.8 Å². The van der Waals surface area contributed by atoms with Gasteiger partial charge >= 0.3 is 5.97 Å². The Bertz CT molecular complexity index is 708. The van der Waals surface area contributed by atoms with Crippen LogP contribution in [0.4, 0.5) is 0 Å². The summed E-state index contributed by atoms with van der Waals surface area (Å²) in [5, 5.41) is 16.2. The quantitative estimate of drug-likeness (QED) is 0.817. The van der Waals surface area contributed by atoms with Crippen LogP contribution in [0, 0.1) is 11.8 Å². The lowest BCUT2D eigenvalue weighted by atomic mass is 9.97. The molecule has 0 aliphatic heterocycles. The molecule has 0 radical (unpaired) electrons. The van der Waals surface area contributed by atoms with Crippen LogP contribution < -0.4 is 5.32 Å². The number of carboxylic acids is 1. The molecule has 6 nitrogen and oxygen atoms in total. The third kappa shape index (κ3) is 4.22. The first-order valence-electron chi connectivity index (χ1n) is 7.98. The number of nitrogens with zero attached hydrogens (tertiary/aromatic N) is 2. The van der Waals surface area contributed by atoms with Gasteiger partial charge in [0, 0.05) is 19.2 Å². The molecule has 1 atom stereocenters. The van der Waals surface area contributed by atoms with E-state index in [0.29, 0.717) is 17.7 Å². The van der Waals surface area contributed by atoms with Crippen molar-refractivity contribution in [1.29, 1.82) is 0 Å². The third-order valence-corrected chi connectivity index (χ3v) is 3.84. The topological polar surface area (TPSA) is 84.2 Å². The second-order valence-electron chi connectivity index (χ2n) is 6.27. The van der Waals surface area contributed by atoms with Crippen molar-refractivity contribution in [2.45, 2.75) is 20.3 Å². The van der Waals surface area contributed by atoms with E-state index in [-0.39, 0.29) is 18.4 Å². The fourth-order valence-corrected chi connectivity index (χ4v) is 2.69. The molecule has 2 N–H and O–H groups in total. The fourth-order valence-electron chi connectivity index (χ4n) is 2.69. The maximum atomic E-state index is 12.5. The van der Waals surface area contributed by atoms with Crippen molar-refractivity contribution in [3.8, 4) is 11.3 Å². The van der Waals surface area contributed by atoms with Crippen molar-refractivity contribution < 1.29 is 14.7 Å². The number of aryl methyl sites for hydroxylation is 1. The minimum absolute atomic E-state index is 0.107. The molecule has 1 aromatic heterocycles. The van der Waals surface area contributed by atoms with Gasteiger partial charge in [-0.1, -0.05) is 44.2 Å². The molecule has 0 bridgehead atoms. The minimum atomic E-state index is -0.890. The Morgan fingerprint density at radius 1 is 1.25 bits per heavy atom. The summed E-state index contributed by atoms with van der Waals surface area (Å²) in [5.41, 5.74) is 2.04. The molecule has 1 heterocycles. The number of aliphatic carboxylic acids is 1. The van der Waals surface area contributed by atoms with E-state index in [9.17, 15) is 14.7 Å². The number of hydrogen-bond acceptors (Lipinski definition) is 3. The Balaban J connectivity index is 2.15. The highest BCUT2D eigenvalue weighted by Gasteiger charge is 2.22. The first kappa shape index (κ1) is 17.7. The zero-order chi connectivity index (χ0) is 17.7. The maximum Gasteiger partial charge on any atom is 0.308 e. The Morgan fingerprint density at radius 3 is 2.50 bits per heavy atom. The molecule has 0 saturated heterocycles. The normalized spacial score (nSPS) is 12.2. The Morgan fingerprint density at radius 2 is 1.92 bits per heavy atom. The van der Waals surface area contributed by atoms with Crippen LogP contribution >= 0.6 is 0 Å². The molecule has 1 aromatic carbocycles. The number of carbonyl (C=O) groups excluding carboxylic acids is 1. The fraction of sp³-hybridized carbons (Fsp3) is 0.389. The molecule has 0 aliphatic rings. The summed E-state index contributed by atoms with van der Waals surface area (Å²) in [6, 6.07) is 9.52. The van der Waals surface area contributed by atoms with E-state index >= 15 is 0 Å². The number of nitrogens with one attached hydrogen (secondary N) is 1. The van der Waals surface area contributed by atoms with Crippen molar-refractivity contribution in [3.63, 3.8) is 0 Å². The highest BCUT2D eigenvalue weighted by Crippen LogP contribution is 2.22. The molecule has 0 fully saturated rings. The minimum Gasteiger partial charge on any atom is -0.481 e. The van der Waals surface area contributed by atoms with Crippen LogP contribution in [0.2, 0.25) is 0 Å². The second kappa shape index (κ2) is 7.77. The molecule has 2 rings (SSSR count). The molecule has 2 aromatic rings. The van der Waals surface area contributed by atoms with Gasteiger partial charge in [-0.15, -0.1) is 0 Å². The molecule has 0 saturated carbocycles. The van der Waals surface area contributed by atoms with Crippen molar-refractivity contribution >= 4 is 11.9 Å². The summed E-state index contributed by atoms with van der Waals surface area (Å²) < 4.78 is 1.65. The average Bonchev–Trinajstić information content (AvgIpc) is 2.93. The summed E-state index contributed by atoms with van der Waals surface area (Å²) in [5.74, 6) is -1.54. The standard InChI is InChI=1S/C18H23N3O3/c1-12(2)9-14(18(23)24)10-19-17(22)15-11-20-21(3)16(15)13-7-5-4-6-8-13/h4-8,11-12,14H,9-10H2,1-3H3,(H,19,22)(H,23,24). The molecule has 6 heteroatoms. The summed E-state index contributed by atoms with van der Waals surface area (Å²) in [7, 11) is 1.78. The monoisotopic (exact) mass is 329 g/mol. The lowest BCUT2D eigenvalue weighted by molar-refractivity contribution is -0.142. The van der Waals surface area contributed by atoms with Crippen LogP contribution in [-0.4, -0.2) is 33.3 Å². The van der Waals surface area contributed by atoms with E-state index in [4.69, 9.17) is 0 Å².